The van der Waals surface area contributed by atoms with E-state index in [1.165, 1.54) is 0 Å². The van der Waals surface area contributed by atoms with Crippen molar-refractivity contribution in [1.29, 1.82) is 0 Å². The molecule has 0 aromatic heterocycles. The first-order valence-electron chi connectivity index (χ1n) is 4.12. The van der Waals surface area contributed by atoms with Gasteiger partial charge in [0, 0.05) is 20.1 Å². The summed E-state index contributed by atoms with van der Waals surface area (Å²) in [6, 6.07) is 0. The van der Waals surface area contributed by atoms with E-state index in [2.05, 4.69) is 0 Å². The average Bonchev–Trinajstić information content (AvgIpc) is 2.32. The molecule has 3 nitrogen and oxygen atoms in total. The number of hydrogen-bond donors (Lipinski definition) is 1. The molecule has 0 radical (unpaired) electrons. The number of amides is 1. The molecule has 3 heteroatoms. The zero-order valence-electron chi connectivity index (χ0n) is 7.26. The third kappa shape index (κ3) is 1.13. The first kappa shape index (κ1) is 8.53. The van der Waals surface area contributed by atoms with Gasteiger partial charge in [0.2, 0.25) is 5.91 Å². The number of nitrogens with two attached hydrogens (primary N) is 1. The van der Waals surface area contributed by atoms with Crippen LogP contribution in [0.3, 0.4) is 0 Å². The summed E-state index contributed by atoms with van der Waals surface area (Å²) >= 11 is 0. The Labute approximate surface area is 67.5 Å². The minimum atomic E-state index is -0.227. The van der Waals surface area contributed by atoms with Crippen molar-refractivity contribution in [2.45, 2.75) is 19.8 Å². The molecule has 1 heterocycles. The van der Waals surface area contributed by atoms with Gasteiger partial charge in [-0.1, -0.05) is 6.92 Å². The number of nitrogens with zero attached hydrogens (tertiary/aromatic N) is 1. The van der Waals surface area contributed by atoms with Crippen LogP contribution in [0.1, 0.15) is 19.8 Å². The highest BCUT2D eigenvalue weighted by Gasteiger charge is 2.42. The molecule has 0 aromatic rings. The third-order valence-electron chi connectivity index (χ3n) is 2.79. The maximum atomic E-state index is 11.5. The molecule has 1 aliphatic heterocycles. The van der Waals surface area contributed by atoms with Crippen molar-refractivity contribution in [3.63, 3.8) is 0 Å². The highest BCUT2D eigenvalue weighted by atomic mass is 16.2. The van der Waals surface area contributed by atoms with E-state index in [0.29, 0.717) is 6.54 Å². The van der Waals surface area contributed by atoms with E-state index in [1.807, 2.05) is 14.0 Å². The van der Waals surface area contributed by atoms with Crippen LogP contribution in [0.15, 0.2) is 0 Å². The van der Waals surface area contributed by atoms with Crippen molar-refractivity contribution in [3.8, 4) is 0 Å². The fourth-order valence-corrected chi connectivity index (χ4v) is 1.66. The molecule has 0 aromatic carbocycles. The lowest BCUT2D eigenvalue weighted by Crippen LogP contribution is -2.38. The Hall–Kier alpha value is -0.570. The van der Waals surface area contributed by atoms with E-state index in [1.54, 1.807) is 4.90 Å². The van der Waals surface area contributed by atoms with Gasteiger partial charge in [-0.15, -0.1) is 0 Å². The molecule has 64 valence electrons. The van der Waals surface area contributed by atoms with Crippen molar-refractivity contribution in [3.05, 3.63) is 0 Å². The van der Waals surface area contributed by atoms with Crippen molar-refractivity contribution in [2.24, 2.45) is 11.1 Å². The van der Waals surface area contributed by atoms with Crippen molar-refractivity contribution < 1.29 is 4.79 Å². The van der Waals surface area contributed by atoms with Crippen LogP contribution in [-0.4, -0.2) is 30.9 Å². The molecule has 1 fully saturated rings. The lowest BCUT2D eigenvalue weighted by Gasteiger charge is -2.22. The topological polar surface area (TPSA) is 46.3 Å². The van der Waals surface area contributed by atoms with Gasteiger partial charge in [0.25, 0.3) is 0 Å². The number of carbonyl (C=O) groups excluding carboxylic acids is 1. The van der Waals surface area contributed by atoms with Gasteiger partial charge in [-0.2, -0.15) is 0 Å². The van der Waals surface area contributed by atoms with Crippen LogP contribution >= 0.6 is 0 Å². The van der Waals surface area contributed by atoms with Crippen LogP contribution in [0.25, 0.3) is 0 Å². The Morgan fingerprint density at radius 2 is 2.36 bits per heavy atom. The maximum absolute atomic E-state index is 11.5. The Morgan fingerprint density at radius 3 is 2.55 bits per heavy atom. The number of hydrogen-bond acceptors (Lipinski definition) is 2. The van der Waals surface area contributed by atoms with E-state index in [4.69, 9.17) is 5.73 Å². The summed E-state index contributed by atoms with van der Waals surface area (Å²) in [6.07, 6.45) is 1.79. The maximum Gasteiger partial charge on any atom is 0.229 e. The monoisotopic (exact) mass is 156 g/mol. The lowest BCUT2D eigenvalue weighted by atomic mass is 9.84. The quantitative estimate of drug-likeness (QED) is 0.621. The highest BCUT2D eigenvalue weighted by Crippen LogP contribution is 2.32. The van der Waals surface area contributed by atoms with Gasteiger partial charge in [0.05, 0.1) is 5.41 Å². The summed E-state index contributed by atoms with van der Waals surface area (Å²) in [5.41, 5.74) is 5.36. The van der Waals surface area contributed by atoms with Crippen LogP contribution in [0.2, 0.25) is 0 Å². The van der Waals surface area contributed by atoms with Crippen molar-refractivity contribution in [2.75, 3.05) is 20.1 Å². The number of rotatable bonds is 2. The Balaban J connectivity index is 2.78. The molecule has 0 aliphatic carbocycles. The normalized spacial score (nSPS) is 31.5. The number of carbonyl (C=O) groups is 1. The summed E-state index contributed by atoms with van der Waals surface area (Å²) in [7, 11) is 1.84. The third-order valence-corrected chi connectivity index (χ3v) is 2.79. The van der Waals surface area contributed by atoms with Gasteiger partial charge in [0.1, 0.15) is 0 Å². The van der Waals surface area contributed by atoms with E-state index in [9.17, 15) is 4.79 Å². The smallest absolute Gasteiger partial charge is 0.229 e. The van der Waals surface area contributed by atoms with Gasteiger partial charge >= 0.3 is 0 Å². The predicted octanol–water partition coefficient (Wildman–Crippen LogP) is 0.204. The molecule has 1 rings (SSSR count). The molecule has 0 spiro atoms. The summed E-state index contributed by atoms with van der Waals surface area (Å²) in [4.78, 5) is 13.3. The Kier molecular flexibility index (Phi) is 2.18. The summed E-state index contributed by atoms with van der Waals surface area (Å²) < 4.78 is 0. The molecule has 2 N–H and O–H groups in total. The van der Waals surface area contributed by atoms with Crippen LogP contribution in [0.4, 0.5) is 0 Å². The molecule has 1 atom stereocenters. The standard InChI is InChI=1S/C8H16N2O/c1-3-8(6-9)4-5-10(2)7(8)11/h3-6,9H2,1-2H3/t8-/m1/s1. The second kappa shape index (κ2) is 2.81. The zero-order valence-corrected chi connectivity index (χ0v) is 7.26. The van der Waals surface area contributed by atoms with E-state index in [-0.39, 0.29) is 11.3 Å². The lowest BCUT2D eigenvalue weighted by molar-refractivity contribution is -0.134. The largest absolute Gasteiger partial charge is 0.345 e. The molecular weight excluding hydrogens is 140 g/mol. The Morgan fingerprint density at radius 1 is 1.73 bits per heavy atom. The van der Waals surface area contributed by atoms with Crippen molar-refractivity contribution >= 4 is 5.91 Å². The molecule has 1 saturated heterocycles. The van der Waals surface area contributed by atoms with E-state index < -0.39 is 0 Å². The molecule has 0 unspecified atom stereocenters. The molecule has 0 saturated carbocycles. The minimum Gasteiger partial charge on any atom is -0.345 e. The molecule has 1 aliphatic rings. The molecular formula is C8H16N2O. The molecule has 11 heavy (non-hydrogen) atoms. The predicted molar refractivity (Wildman–Crippen MR) is 44.0 cm³/mol. The van der Waals surface area contributed by atoms with E-state index in [0.717, 1.165) is 19.4 Å². The SMILES string of the molecule is CC[C@]1(CN)CCN(C)C1=O. The summed E-state index contributed by atoms with van der Waals surface area (Å²) in [6.45, 7) is 3.39. The van der Waals surface area contributed by atoms with Gasteiger partial charge in [-0.05, 0) is 12.8 Å². The van der Waals surface area contributed by atoms with Crippen LogP contribution in [0.5, 0.6) is 0 Å². The Bertz CT molecular complexity index is 163. The van der Waals surface area contributed by atoms with Crippen LogP contribution in [-0.2, 0) is 4.79 Å². The summed E-state index contributed by atoms with van der Waals surface area (Å²) in [5.74, 6) is 0.225. The fraction of sp³-hybridized carbons (Fsp3) is 0.875. The first-order chi connectivity index (χ1) is 5.16. The van der Waals surface area contributed by atoms with Gasteiger partial charge in [0.15, 0.2) is 0 Å². The number of likely N-dealkylation sites (tertiary alicyclic amines) is 1. The summed E-state index contributed by atoms with van der Waals surface area (Å²) in [5, 5.41) is 0. The van der Waals surface area contributed by atoms with Crippen LogP contribution < -0.4 is 5.73 Å². The average molecular weight is 156 g/mol. The van der Waals surface area contributed by atoms with Gasteiger partial charge in [-0.3, -0.25) is 4.79 Å². The highest BCUT2D eigenvalue weighted by molar-refractivity contribution is 5.84. The minimum absolute atomic E-state index is 0.225. The van der Waals surface area contributed by atoms with Crippen molar-refractivity contribution in [1.82, 2.24) is 4.90 Å². The molecule has 0 bridgehead atoms. The van der Waals surface area contributed by atoms with Gasteiger partial charge < -0.3 is 10.6 Å². The fourth-order valence-electron chi connectivity index (χ4n) is 1.66. The van der Waals surface area contributed by atoms with Crippen LogP contribution in [0, 0.1) is 5.41 Å². The van der Waals surface area contributed by atoms with E-state index >= 15 is 0 Å². The first-order valence-corrected chi connectivity index (χ1v) is 4.12. The zero-order chi connectivity index (χ0) is 8.48. The molecule has 1 amide bonds. The second-order valence-electron chi connectivity index (χ2n) is 3.31. The second-order valence-corrected chi connectivity index (χ2v) is 3.31. The van der Waals surface area contributed by atoms with Gasteiger partial charge in [-0.25, -0.2) is 0 Å².